The third-order valence-corrected chi connectivity index (χ3v) is 1.93. The molecule has 1 aliphatic heterocycles. The van der Waals surface area contributed by atoms with Crippen molar-refractivity contribution in [1.29, 1.82) is 0 Å². The van der Waals surface area contributed by atoms with Crippen molar-refractivity contribution < 1.29 is 19.4 Å². The molecule has 0 aromatic rings. The number of methoxy groups -OCH3 is 1. The van der Waals surface area contributed by atoms with E-state index in [9.17, 15) is 9.59 Å². The molecule has 2 unspecified atom stereocenters. The molecule has 0 bridgehead atoms. The maximum Gasteiger partial charge on any atom is 0.322 e. The summed E-state index contributed by atoms with van der Waals surface area (Å²) in [5.41, 5.74) is 0. The second-order valence-electron chi connectivity index (χ2n) is 2.71. The Morgan fingerprint density at radius 1 is 1.42 bits per heavy atom. The monoisotopic (exact) mass is 173 g/mol. The van der Waals surface area contributed by atoms with Crippen molar-refractivity contribution in [1.82, 2.24) is 5.32 Å². The van der Waals surface area contributed by atoms with Crippen LogP contribution in [0.4, 0.5) is 0 Å². The molecule has 1 heterocycles. The average molecular weight is 173 g/mol. The van der Waals surface area contributed by atoms with E-state index in [2.05, 4.69) is 10.1 Å². The van der Waals surface area contributed by atoms with Crippen molar-refractivity contribution in [3.63, 3.8) is 0 Å². The zero-order chi connectivity index (χ0) is 9.14. The van der Waals surface area contributed by atoms with E-state index in [-0.39, 0.29) is 0 Å². The third kappa shape index (κ3) is 1.73. The molecule has 5 heteroatoms. The quantitative estimate of drug-likeness (QED) is 0.543. The van der Waals surface area contributed by atoms with Crippen LogP contribution in [0.2, 0.25) is 0 Å². The summed E-state index contributed by atoms with van der Waals surface area (Å²) in [7, 11) is 1.29. The van der Waals surface area contributed by atoms with Gasteiger partial charge < -0.3 is 9.84 Å². The Bertz CT molecular complexity index is 204. The van der Waals surface area contributed by atoms with E-state index in [0.29, 0.717) is 12.8 Å². The molecule has 0 radical (unpaired) electrons. The van der Waals surface area contributed by atoms with Crippen molar-refractivity contribution in [3.8, 4) is 0 Å². The van der Waals surface area contributed by atoms with Crippen LogP contribution in [0.5, 0.6) is 0 Å². The van der Waals surface area contributed by atoms with E-state index in [4.69, 9.17) is 5.11 Å². The van der Waals surface area contributed by atoms with Gasteiger partial charge in [0.1, 0.15) is 12.1 Å². The van der Waals surface area contributed by atoms with Gasteiger partial charge in [0.2, 0.25) is 0 Å². The van der Waals surface area contributed by atoms with E-state index in [1.54, 1.807) is 0 Å². The summed E-state index contributed by atoms with van der Waals surface area (Å²) in [6.45, 7) is 0. The molecule has 2 N–H and O–H groups in total. The van der Waals surface area contributed by atoms with Gasteiger partial charge in [-0.3, -0.25) is 14.9 Å². The SMILES string of the molecule is COC(=O)C1CCC(C(=O)O)N1. The Hall–Kier alpha value is -1.10. The zero-order valence-corrected chi connectivity index (χ0v) is 6.74. The molecule has 0 aromatic carbocycles. The molecule has 0 aromatic heterocycles. The molecular weight excluding hydrogens is 162 g/mol. The van der Waals surface area contributed by atoms with Crippen molar-refractivity contribution in [2.45, 2.75) is 24.9 Å². The van der Waals surface area contributed by atoms with Gasteiger partial charge in [-0.2, -0.15) is 0 Å². The van der Waals surface area contributed by atoms with E-state index in [1.165, 1.54) is 7.11 Å². The summed E-state index contributed by atoms with van der Waals surface area (Å²) in [5, 5.41) is 11.2. The normalized spacial score (nSPS) is 28.4. The average Bonchev–Trinajstić information content (AvgIpc) is 2.51. The molecule has 5 nitrogen and oxygen atoms in total. The lowest BCUT2D eigenvalue weighted by Crippen LogP contribution is -2.39. The fraction of sp³-hybridized carbons (Fsp3) is 0.714. The Balaban J connectivity index is 2.45. The second-order valence-corrected chi connectivity index (χ2v) is 2.71. The van der Waals surface area contributed by atoms with Gasteiger partial charge >= 0.3 is 11.9 Å². The molecule has 2 atom stereocenters. The molecule has 0 spiro atoms. The van der Waals surface area contributed by atoms with Crippen LogP contribution in [0.3, 0.4) is 0 Å². The summed E-state index contributed by atoms with van der Waals surface area (Å²) in [6.07, 6.45) is 1.01. The molecular formula is C7H11NO4. The van der Waals surface area contributed by atoms with Gasteiger partial charge in [0.05, 0.1) is 7.11 Å². The number of esters is 1. The number of carbonyl (C=O) groups excluding carboxylic acids is 1. The number of hydrogen-bond acceptors (Lipinski definition) is 4. The highest BCUT2D eigenvalue weighted by atomic mass is 16.5. The molecule has 0 aliphatic carbocycles. The molecule has 1 rings (SSSR count). The molecule has 68 valence electrons. The topological polar surface area (TPSA) is 75.6 Å². The largest absolute Gasteiger partial charge is 0.480 e. The van der Waals surface area contributed by atoms with E-state index in [0.717, 1.165) is 0 Å². The van der Waals surface area contributed by atoms with E-state index >= 15 is 0 Å². The summed E-state index contributed by atoms with van der Waals surface area (Å²) in [5.74, 6) is -1.31. The summed E-state index contributed by atoms with van der Waals surface area (Å²) >= 11 is 0. The second kappa shape index (κ2) is 3.53. The summed E-state index contributed by atoms with van der Waals surface area (Å²) in [6, 6.07) is -1.05. The van der Waals surface area contributed by atoms with Gasteiger partial charge in [-0.05, 0) is 12.8 Å². The number of hydrogen-bond donors (Lipinski definition) is 2. The highest BCUT2D eigenvalue weighted by Gasteiger charge is 2.33. The minimum absolute atomic E-state index is 0.390. The van der Waals surface area contributed by atoms with Crippen LogP contribution < -0.4 is 5.32 Å². The van der Waals surface area contributed by atoms with Crippen LogP contribution >= 0.6 is 0 Å². The van der Waals surface area contributed by atoms with Crippen LogP contribution in [0.15, 0.2) is 0 Å². The van der Waals surface area contributed by atoms with Crippen molar-refractivity contribution in [3.05, 3.63) is 0 Å². The number of carbonyl (C=O) groups is 2. The van der Waals surface area contributed by atoms with Gasteiger partial charge in [-0.25, -0.2) is 0 Å². The number of aliphatic carboxylic acids is 1. The predicted octanol–water partition coefficient (Wildman–Crippen LogP) is -0.635. The first-order chi connectivity index (χ1) is 5.65. The summed E-state index contributed by atoms with van der Waals surface area (Å²) in [4.78, 5) is 21.3. The van der Waals surface area contributed by atoms with Crippen LogP contribution in [0.25, 0.3) is 0 Å². The van der Waals surface area contributed by atoms with Gasteiger partial charge in [-0.15, -0.1) is 0 Å². The fourth-order valence-corrected chi connectivity index (χ4v) is 1.27. The van der Waals surface area contributed by atoms with Gasteiger partial charge in [0.25, 0.3) is 0 Å². The van der Waals surface area contributed by atoms with Gasteiger partial charge in [0, 0.05) is 0 Å². The molecule has 1 fully saturated rings. The standard InChI is InChI=1S/C7H11NO4/c1-12-7(11)5-3-2-4(8-5)6(9)10/h4-5,8H,2-3H2,1H3,(H,9,10). The molecule has 1 saturated heterocycles. The number of nitrogens with one attached hydrogen (secondary N) is 1. The van der Waals surface area contributed by atoms with Gasteiger partial charge in [-0.1, -0.05) is 0 Å². The Kier molecular flexibility index (Phi) is 2.65. The Labute approximate surface area is 69.7 Å². The van der Waals surface area contributed by atoms with E-state index < -0.39 is 24.0 Å². The van der Waals surface area contributed by atoms with Crippen molar-refractivity contribution >= 4 is 11.9 Å². The number of carboxylic acids is 1. The lowest BCUT2D eigenvalue weighted by molar-refractivity contribution is -0.143. The first kappa shape index (κ1) is 8.99. The number of rotatable bonds is 2. The lowest BCUT2D eigenvalue weighted by atomic mass is 10.2. The van der Waals surface area contributed by atoms with Crippen molar-refractivity contribution in [2.75, 3.05) is 7.11 Å². The summed E-state index contributed by atoms with van der Waals surface area (Å²) < 4.78 is 4.47. The third-order valence-electron chi connectivity index (χ3n) is 1.93. The molecule has 0 amide bonds. The van der Waals surface area contributed by atoms with Crippen LogP contribution in [-0.4, -0.2) is 36.2 Å². The maximum absolute atomic E-state index is 10.9. The highest BCUT2D eigenvalue weighted by Crippen LogP contribution is 2.13. The lowest BCUT2D eigenvalue weighted by Gasteiger charge is -2.08. The minimum atomic E-state index is -0.915. The van der Waals surface area contributed by atoms with E-state index in [1.807, 2.05) is 0 Å². The number of ether oxygens (including phenoxy) is 1. The first-order valence-corrected chi connectivity index (χ1v) is 3.72. The highest BCUT2D eigenvalue weighted by molar-refractivity contribution is 5.80. The molecule has 12 heavy (non-hydrogen) atoms. The van der Waals surface area contributed by atoms with Crippen LogP contribution in [0.1, 0.15) is 12.8 Å². The number of carboxylic acid groups (broad SMARTS) is 1. The fourth-order valence-electron chi connectivity index (χ4n) is 1.27. The predicted molar refractivity (Wildman–Crippen MR) is 39.6 cm³/mol. The Morgan fingerprint density at radius 3 is 2.42 bits per heavy atom. The smallest absolute Gasteiger partial charge is 0.322 e. The van der Waals surface area contributed by atoms with Crippen LogP contribution in [-0.2, 0) is 14.3 Å². The minimum Gasteiger partial charge on any atom is -0.480 e. The molecule has 0 saturated carbocycles. The Morgan fingerprint density at radius 2 is 2.00 bits per heavy atom. The zero-order valence-electron chi connectivity index (χ0n) is 6.74. The van der Waals surface area contributed by atoms with Crippen molar-refractivity contribution in [2.24, 2.45) is 0 Å². The molecule has 1 aliphatic rings. The van der Waals surface area contributed by atoms with Gasteiger partial charge in [0.15, 0.2) is 0 Å². The maximum atomic E-state index is 10.9. The first-order valence-electron chi connectivity index (χ1n) is 3.72. The van der Waals surface area contributed by atoms with Crippen LogP contribution in [0, 0.1) is 0 Å².